The lowest BCUT2D eigenvalue weighted by atomic mass is 9.84. The van der Waals surface area contributed by atoms with Crippen molar-refractivity contribution in [1.82, 2.24) is 0 Å². The lowest BCUT2D eigenvalue weighted by molar-refractivity contribution is -0.223. The molecule has 1 aliphatic heterocycles. The third-order valence-electron chi connectivity index (χ3n) is 5.99. The number of hydrogen-bond acceptors (Lipinski definition) is 6. The van der Waals surface area contributed by atoms with Crippen LogP contribution in [0.5, 0.6) is 0 Å². The van der Waals surface area contributed by atoms with Gasteiger partial charge in [-0.1, -0.05) is 29.5 Å². The fourth-order valence-electron chi connectivity index (χ4n) is 4.34. The molecule has 136 valence electrons. The Bertz CT molecular complexity index is 535. The maximum absolute atomic E-state index is 12.1. The van der Waals surface area contributed by atoms with Crippen LogP contribution in [0.3, 0.4) is 0 Å². The number of methoxy groups -OCH3 is 1. The largest absolute Gasteiger partial charge is 0.457 e. The number of hydrogen-bond donors (Lipinski definition) is 0. The molecule has 6 nitrogen and oxygen atoms in total. The monoisotopic (exact) mass is 452 g/mol. The second-order valence-electron chi connectivity index (χ2n) is 7.39. The van der Waals surface area contributed by atoms with E-state index in [-0.39, 0.29) is 24.8 Å². The molecule has 1 heterocycles. The number of alkyl halides is 1. The molecule has 0 aromatic heterocycles. The topological polar surface area (TPSA) is 71.1 Å². The normalized spacial score (nSPS) is 42.0. The van der Waals surface area contributed by atoms with Crippen LogP contribution in [-0.4, -0.2) is 47.1 Å². The van der Waals surface area contributed by atoms with Crippen molar-refractivity contribution in [3.05, 3.63) is 0 Å². The standard InChI is InChI=1S/C17H25IO6/c1-5-16(2,18)15(20)22-8-12(19)23-13-9-6-10-11(7-9)17(3,21-4)24-14(10)13/h9-11,13-14H,5-8H2,1-4H3. The highest BCUT2D eigenvalue weighted by Crippen LogP contribution is 2.60. The van der Waals surface area contributed by atoms with Gasteiger partial charge in [0.2, 0.25) is 0 Å². The molecule has 0 amide bonds. The first-order chi connectivity index (χ1) is 11.2. The molecule has 3 rings (SSSR count). The highest BCUT2D eigenvalue weighted by molar-refractivity contribution is 14.1. The van der Waals surface area contributed by atoms with Gasteiger partial charge in [-0.25, -0.2) is 4.79 Å². The molecule has 0 aromatic carbocycles. The third-order valence-corrected chi connectivity index (χ3v) is 7.19. The van der Waals surface area contributed by atoms with E-state index in [2.05, 4.69) is 0 Å². The van der Waals surface area contributed by atoms with Gasteiger partial charge < -0.3 is 18.9 Å². The van der Waals surface area contributed by atoms with E-state index in [1.54, 1.807) is 14.0 Å². The predicted molar refractivity (Wildman–Crippen MR) is 93.5 cm³/mol. The van der Waals surface area contributed by atoms with Gasteiger partial charge in [-0.3, -0.25) is 4.79 Å². The number of rotatable bonds is 6. The molecule has 7 atom stereocenters. The quantitative estimate of drug-likeness (QED) is 0.351. The Morgan fingerprint density at radius 1 is 1.38 bits per heavy atom. The minimum atomic E-state index is -0.619. The van der Waals surface area contributed by atoms with Gasteiger partial charge in [-0.15, -0.1) is 0 Å². The van der Waals surface area contributed by atoms with Crippen LogP contribution in [0.4, 0.5) is 0 Å². The molecule has 1 saturated heterocycles. The minimum Gasteiger partial charge on any atom is -0.457 e. The summed E-state index contributed by atoms with van der Waals surface area (Å²) < 4.78 is 21.7. The van der Waals surface area contributed by atoms with Gasteiger partial charge in [0.15, 0.2) is 12.4 Å². The first-order valence-electron chi connectivity index (χ1n) is 8.50. The lowest BCUT2D eigenvalue weighted by Crippen LogP contribution is -2.38. The summed E-state index contributed by atoms with van der Waals surface area (Å²) in [7, 11) is 1.66. The van der Waals surface area contributed by atoms with Crippen LogP contribution in [0.1, 0.15) is 40.0 Å². The van der Waals surface area contributed by atoms with Crippen LogP contribution in [-0.2, 0) is 28.5 Å². The van der Waals surface area contributed by atoms with E-state index < -0.39 is 15.2 Å². The molecule has 0 radical (unpaired) electrons. The summed E-state index contributed by atoms with van der Waals surface area (Å²) in [5.74, 6) is -0.406. The number of halogens is 1. The molecule has 7 unspecified atom stereocenters. The predicted octanol–water partition coefficient (Wildman–Crippen LogP) is 2.46. The zero-order valence-corrected chi connectivity index (χ0v) is 16.7. The Morgan fingerprint density at radius 3 is 2.71 bits per heavy atom. The second-order valence-corrected chi connectivity index (χ2v) is 9.77. The SMILES string of the molecule is CCC(C)(I)C(=O)OCC(=O)OC1C2CC3C1OC(C)(OC)C3C2. The fraction of sp³-hybridized carbons (Fsp3) is 0.882. The average molecular weight is 452 g/mol. The first kappa shape index (κ1) is 18.4. The van der Waals surface area contributed by atoms with Gasteiger partial charge in [0.25, 0.3) is 0 Å². The maximum Gasteiger partial charge on any atom is 0.344 e. The van der Waals surface area contributed by atoms with Gasteiger partial charge in [-0.2, -0.15) is 0 Å². The Morgan fingerprint density at radius 2 is 2.08 bits per heavy atom. The van der Waals surface area contributed by atoms with E-state index in [1.807, 2.05) is 36.4 Å². The minimum absolute atomic E-state index is 0.108. The highest BCUT2D eigenvalue weighted by Gasteiger charge is 2.66. The number of ether oxygens (including phenoxy) is 4. The van der Waals surface area contributed by atoms with Crippen molar-refractivity contribution in [3.63, 3.8) is 0 Å². The summed E-state index contributed by atoms with van der Waals surface area (Å²) in [5, 5.41) is 0. The van der Waals surface area contributed by atoms with Crippen LogP contribution >= 0.6 is 22.6 Å². The molecular weight excluding hydrogens is 427 g/mol. The molecule has 2 bridgehead atoms. The van der Waals surface area contributed by atoms with Crippen LogP contribution in [0.2, 0.25) is 0 Å². The smallest absolute Gasteiger partial charge is 0.344 e. The van der Waals surface area contributed by atoms with Crippen molar-refractivity contribution >= 4 is 34.5 Å². The van der Waals surface area contributed by atoms with Crippen molar-refractivity contribution in [2.75, 3.05) is 13.7 Å². The maximum atomic E-state index is 12.1. The van der Waals surface area contributed by atoms with Gasteiger partial charge >= 0.3 is 11.9 Å². The summed E-state index contributed by atoms with van der Waals surface area (Å²) in [6, 6.07) is 0. The third kappa shape index (κ3) is 2.96. The number of fused-ring (bicyclic) bond motifs is 1. The van der Waals surface area contributed by atoms with Gasteiger partial charge in [0, 0.05) is 13.0 Å². The number of carbonyl (C=O) groups excluding carboxylic acids is 2. The van der Waals surface area contributed by atoms with E-state index in [0.717, 1.165) is 12.8 Å². The van der Waals surface area contributed by atoms with E-state index in [1.165, 1.54) is 0 Å². The lowest BCUT2D eigenvalue weighted by Gasteiger charge is -2.27. The summed E-state index contributed by atoms with van der Waals surface area (Å²) in [4.78, 5) is 24.0. The van der Waals surface area contributed by atoms with Crippen LogP contribution in [0, 0.1) is 17.8 Å². The average Bonchev–Trinajstić information content (AvgIpc) is 3.17. The van der Waals surface area contributed by atoms with Crippen LogP contribution < -0.4 is 0 Å². The summed E-state index contributed by atoms with van der Waals surface area (Å²) in [6.45, 7) is 5.31. The molecule has 0 N–H and O–H groups in total. The van der Waals surface area contributed by atoms with E-state index in [9.17, 15) is 9.59 Å². The van der Waals surface area contributed by atoms with Crippen LogP contribution in [0.15, 0.2) is 0 Å². The Balaban J connectivity index is 1.55. The van der Waals surface area contributed by atoms with E-state index >= 15 is 0 Å². The van der Waals surface area contributed by atoms with Crippen molar-refractivity contribution in [2.24, 2.45) is 17.8 Å². The highest BCUT2D eigenvalue weighted by atomic mass is 127. The first-order valence-corrected chi connectivity index (χ1v) is 9.58. The number of esters is 2. The second kappa shape index (κ2) is 6.39. The Hall–Kier alpha value is -0.410. The van der Waals surface area contributed by atoms with Crippen molar-refractivity contribution in [1.29, 1.82) is 0 Å². The van der Waals surface area contributed by atoms with Gasteiger partial charge in [-0.05, 0) is 44.9 Å². The van der Waals surface area contributed by atoms with Gasteiger partial charge in [0.1, 0.15) is 15.6 Å². The van der Waals surface area contributed by atoms with E-state index in [0.29, 0.717) is 24.2 Å². The van der Waals surface area contributed by atoms with Crippen molar-refractivity contribution in [2.45, 2.75) is 61.5 Å². The molecule has 0 aromatic rings. The van der Waals surface area contributed by atoms with E-state index in [4.69, 9.17) is 18.9 Å². The van der Waals surface area contributed by atoms with Crippen LogP contribution in [0.25, 0.3) is 0 Å². The zero-order chi connectivity index (χ0) is 17.7. The molecule has 24 heavy (non-hydrogen) atoms. The fourth-order valence-corrected chi connectivity index (χ4v) is 4.49. The summed E-state index contributed by atoms with van der Waals surface area (Å²) >= 11 is 2.04. The zero-order valence-electron chi connectivity index (χ0n) is 14.5. The molecule has 7 heteroatoms. The number of carbonyl (C=O) groups is 2. The summed E-state index contributed by atoms with van der Waals surface area (Å²) in [5.41, 5.74) is 0. The molecule has 3 aliphatic rings. The summed E-state index contributed by atoms with van der Waals surface area (Å²) in [6.07, 6.45) is 2.23. The molecule has 2 aliphatic carbocycles. The molecular formula is C17H25IO6. The van der Waals surface area contributed by atoms with Gasteiger partial charge in [0.05, 0.1) is 0 Å². The molecule has 2 saturated carbocycles. The molecule has 3 fully saturated rings. The van der Waals surface area contributed by atoms with Crippen molar-refractivity contribution in [3.8, 4) is 0 Å². The van der Waals surface area contributed by atoms with Crippen molar-refractivity contribution < 1.29 is 28.5 Å². The Labute approximate surface area is 156 Å². The molecule has 0 spiro atoms. The Kier molecular flexibility index (Phi) is 4.90.